The Morgan fingerprint density at radius 2 is 1.82 bits per heavy atom. The van der Waals surface area contributed by atoms with Gasteiger partial charge in [-0.1, -0.05) is 44.2 Å². The van der Waals surface area contributed by atoms with E-state index in [1.807, 2.05) is 39.0 Å². The molecule has 1 unspecified atom stereocenters. The molecular weight excluding hydrogens is 216 g/mol. The van der Waals surface area contributed by atoms with E-state index in [-0.39, 0.29) is 5.78 Å². The van der Waals surface area contributed by atoms with Gasteiger partial charge >= 0.3 is 0 Å². The summed E-state index contributed by atoms with van der Waals surface area (Å²) in [6.07, 6.45) is -0.787. The monoisotopic (exact) mass is 236 g/mol. The molecule has 1 aromatic rings. The van der Waals surface area contributed by atoms with Crippen molar-refractivity contribution in [2.75, 3.05) is 13.2 Å². The first kappa shape index (κ1) is 13.9. The number of benzene rings is 1. The molecule has 0 aliphatic carbocycles. The number of ether oxygens (including phenoxy) is 2. The van der Waals surface area contributed by atoms with Gasteiger partial charge in [0.2, 0.25) is 12.1 Å². The fourth-order valence-corrected chi connectivity index (χ4v) is 1.37. The Morgan fingerprint density at radius 3 is 2.35 bits per heavy atom. The summed E-state index contributed by atoms with van der Waals surface area (Å²) >= 11 is 0. The minimum atomic E-state index is -0.787. The maximum Gasteiger partial charge on any atom is 0.222 e. The number of Topliss-reactive ketones (excluding diaryl/α,β-unsaturated/α-hetero) is 1. The lowest BCUT2D eigenvalue weighted by Gasteiger charge is -2.17. The third-order valence-electron chi connectivity index (χ3n) is 2.17. The lowest BCUT2D eigenvalue weighted by molar-refractivity contribution is -0.117. The molecular formula is C14H20O3. The second kappa shape index (κ2) is 7.20. The number of ketones is 1. The van der Waals surface area contributed by atoms with Crippen LogP contribution in [-0.2, 0) is 9.47 Å². The maximum absolute atomic E-state index is 12.1. The van der Waals surface area contributed by atoms with E-state index in [1.54, 1.807) is 12.1 Å². The van der Waals surface area contributed by atoms with E-state index in [0.717, 1.165) is 0 Å². The second-order valence-corrected chi connectivity index (χ2v) is 4.24. The molecule has 94 valence electrons. The van der Waals surface area contributed by atoms with E-state index in [0.29, 0.717) is 24.7 Å². The second-order valence-electron chi connectivity index (χ2n) is 4.24. The van der Waals surface area contributed by atoms with Crippen LogP contribution < -0.4 is 0 Å². The molecule has 1 aromatic carbocycles. The molecule has 1 atom stereocenters. The first-order chi connectivity index (χ1) is 8.15. The van der Waals surface area contributed by atoms with Gasteiger partial charge in [0.05, 0.1) is 6.61 Å². The van der Waals surface area contributed by atoms with Gasteiger partial charge in [0.25, 0.3) is 0 Å². The van der Waals surface area contributed by atoms with Crippen LogP contribution in [0.1, 0.15) is 31.1 Å². The molecule has 0 aliphatic heterocycles. The van der Waals surface area contributed by atoms with E-state index in [1.165, 1.54) is 0 Å². The van der Waals surface area contributed by atoms with Gasteiger partial charge in [-0.25, -0.2) is 0 Å². The molecule has 1 rings (SSSR count). The van der Waals surface area contributed by atoms with Crippen molar-refractivity contribution in [3.63, 3.8) is 0 Å². The van der Waals surface area contributed by atoms with Crippen molar-refractivity contribution >= 4 is 5.78 Å². The predicted molar refractivity (Wildman–Crippen MR) is 67.0 cm³/mol. The largest absolute Gasteiger partial charge is 0.346 e. The topological polar surface area (TPSA) is 35.5 Å². The number of hydrogen-bond donors (Lipinski definition) is 0. The van der Waals surface area contributed by atoms with Gasteiger partial charge < -0.3 is 9.47 Å². The van der Waals surface area contributed by atoms with Crippen LogP contribution >= 0.6 is 0 Å². The third-order valence-corrected chi connectivity index (χ3v) is 2.17. The molecule has 0 heterocycles. The van der Waals surface area contributed by atoms with Crippen molar-refractivity contribution in [3.05, 3.63) is 35.9 Å². The highest BCUT2D eigenvalue weighted by molar-refractivity contribution is 5.98. The van der Waals surface area contributed by atoms with E-state index in [4.69, 9.17) is 9.47 Å². The summed E-state index contributed by atoms with van der Waals surface area (Å²) < 4.78 is 10.8. The minimum Gasteiger partial charge on any atom is -0.346 e. The first-order valence-corrected chi connectivity index (χ1v) is 5.97. The van der Waals surface area contributed by atoms with Gasteiger partial charge in [-0.2, -0.15) is 0 Å². The molecule has 0 fully saturated rings. The molecule has 0 saturated heterocycles. The van der Waals surface area contributed by atoms with Crippen LogP contribution in [0.4, 0.5) is 0 Å². The van der Waals surface area contributed by atoms with Gasteiger partial charge in [0.1, 0.15) is 0 Å². The van der Waals surface area contributed by atoms with Crippen molar-refractivity contribution < 1.29 is 14.3 Å². The minimum absolute atomic E-state index is 0.117. The quantitative estimate of drug-likeness (QED) is 0.539. The fraction of sp³-hybridized carbons (Fsp3) is 0.500. The Balaban J connectivity index is 2.66. The summed E-state index contributed by atoms with van der Waals surface area (Å²) in [5, 5.41) is 0. The van der Waals surface area contributed by atoms with Crippen molar-refractivity contribution in [1.29, 1.82) is 0 Å². The van der Waals surface area contributed by atoms with Crippen LogP contribution in [0.15, 0.2) is 30.3 Å². The zero-order chi connectivity index (χ0) is 12.7. The molecule has 0 saturated carbocycles. The molecule has 0 aromatic heterocycles. The van der Waals surface area contributed by atoms with Crippen molar-refractivity contribution in [2.24, 2.45) is 5.92 Å². The van der Waals surface area contributed by atoms with E-state index >= 15 is 0 Å². The number of carbonyl (C=O) groups is 1. The highest BCUT2D eigenvalue weighted by Gasteiger charge is 2.21. The summed E-state index contributed by atoms with van der Waals surface area (Å²) in [6, 6.07) is 9.08. The average Bonchev–Trinajstić information content (AvgIpc) is 2.34. The maximum atomic E-state index is 12.1. The van der Waals surface area contributed by atoms with Crippen molar-refractivity contribution in [1.82, 2.24) is 0 Å². The SMILES string of the molecule is CCOC(OCC(C)C)C(=O)c1ccccc1. The Hall–Kier alpha value is -1.19. The Kier molecular flexibility index (Phi) is 5.87. The Morgan fingerprint density at radius 1 is 1.18 bits per heavy atom. The van der Waals surface area contributed by atoms with Gasteiger partial charge in [0.15, 0.2) is 0 Å². The molecule has 17 heavy (non-hydrogen) atoms. The summed E-state index contributed by atoms with van der Waals surface area (Å²) in [7, 11) is 0. The lowest BCUT2D eigenvalue weighted by atomic mass is 10.1. The molecule has 0 bridgehead atoms. The predicted octanol–water partition coefficient (Wildman–Crippen LogP) is 2.90. The van der Waals surface area contributed by atoms with Gasteiger partial charge in [-0.3, -0.25) is 4.79 Å². The summed E-state index contributed by atoms with van der Waals surface area (Å²) in [4.78, 5) is 12.1. The normalized spacial score (nSPS) is 12.7. The van der Waals surface area contributed by atoms with Crippen molar-refractivity contribution in [2.45, 2.75) is 27.1 Å². The van der Waals surface area contributed by atoms with E-state index in [9.17, 15) is 4.79 Å². The molecule has 0 N–H and O–H groups in total. The third kappa shape index (κ3) is 4.67. The van der Waals surface area contributed by atoms with E-state index in [2.05, 4.69) is 0 Å². The Labute approximate surface area is 103 Å². The summed E-state index contributed by atoms with van der Waals surface area (Å²) in [6.45, 7) is 6.90. The summed E-state index contributed by atoms with van der Waals surface area (Å²) in [5.74, 6) is 0.259. The molecule has 0 aliphatic rings. The molecule has 3 nitrogen and oxygen atoms in total. The van der Waals surface area contributed by atoms with E-state index < -0.39 is 6.29 Å². The summed E-state index contributed by atoms with van der Waals surface area (Å²) in [5.41, 5.74) is 0.620. The van der Waals surface area contributed by atoms with Crippen LogP contribution in [0.5, 0.6) is 0 Å². The smallest absolute Gasteiger partial charge is 0.222 e. The zero-order valence-electron chi connectivity index (χ0n) is 10.7. The zero-order valence-corrected chi connectivity index (χ0v) is 10.7. The number of hydrogen-bond acceptors (Lipinski definition) is 3. The van der Waals surface area contributed by atoms with Gasteiger partial charge in [-0.05, 0) is 12.8 Å². The fourth-order valence-electron chi connectivity index (χ4n) is 1.37. The van der Waals surface area contributed by atoms with Crippen LogP contribution in [0.3, 0.4) is 0 Å². The Bertz CT molecular complexity index is 333. The molecule has 3 heteroatoms. The first-order valence-electron chi connectivity index (χ1n) is 5.97. The highest BCUT2D eigenvalue weighted by atomic mass is 16.7. The molecule has 0 radical (unpaired) electrons. The van der Waals surface area contributed by atoms with Gasteiger partial charge in [0, 0.05) is 12.2 Å². The number of rotatable bonds is 7. The van der Waals surface area contributed by atoms with Gasteiger partial charge in [-0.15, -0.1) is 0 Å². The highest BCUT2D eigenvalue weighted by Crippen LogP contribution is 2.09. The molecule has 0 amide bonds. The van der Waals surface area contributed by atoms with Crippen LogP contribution in [0, 0.1) is 5.92 Å². The standard InChI is InChI=1S/C14H20O3/c1-4-16-14(17-10-11(2)3)13(15)12-8-6-5-7-9-12/h5-9,11,14H,4,10H2,1-3H3. The lowest BCUT2D eigenvalue weighted by Crippen LogP contribution is -2.29. The van der Waals surface area contributed by atoms with Crippen LogP contribution in [0.25, 0.3) is 0 Å². The average molecular weight is 236 g/mol. The molecule has 0 spiro atoms. The van der Waals surface area contributed by atoms with Crippen molar-refractivity contribution in [3.8, 4) is 0 Å². The van der Waals surface area contributed by atoms with Crippen LogP contribution in [0.2, 0.25) is 0 Å². The number of carbonyl (C=O) groups excluding carboxylic acids is 1. The van der Waals surface area contributed by atoms with Crippen LogP contribution in [-0.4, -0.2) is 25.3 Å².